The van der Waals surface area contributed by atoms with Crippen LogP contribution in [0.25, 0.3) is 10.9 Å². The van der Waals surface area contributed by atoms with Gasteiger partial charge in [-0.2, -0.15) is 0 Å². The van der Waals surface area contributed by atoms with Crippen molar-refractivity contribution in [2.24, 2.45) is 0 Å². The summed E-state index contributed by atoms with van der Waals surface area (Å²) in [4.78, 5) is 98.5. The number of H-pyrrole nitrogens is 2. The molecule has 0 unspecified atom stereocenters. The van der Waals surface area contributed by atoms with Crippen LogP contribution in [0.2, 0.25) is 0 Å². The van der Waals surface area contributed by atoms with Gasteiger partial charge in [0.05, 0.1) is 25.0 Å². The largest absolute Gasteiger partial charge is 0.481 e. The van der Waals surface area contributed by atoms with Crippen LogP contribution in [0.15, 0.2) is 43.0 Å². The van der Waals surface area contributed by atoms with Crippen LogP contribution in [0.4, 0.5) is 0 Å². The highest BCUT2D eigenvalue weighted by atomic mass is 16.4. The van der Waals surface area contributed by atoms with Gasteiger partial charge in [-0.3, -0.25) is 28.8 Å². The second-order valence-corrected chi connectivity index (χ2v) is 14.3. The molecule has 3 rings (SSSR count). The van der Waals surface area contributed by atoms with Gasteiger partial charge in [0, 0.05) is 42.6 Å². The van der Waals surface area contributed by atoms with Crippen molar-refractivity contribution in [2.45, 2.75) is 134 Å². The average Bonchev–Trinajstić information content (AvgIpc) is 3.85. The number of imidazole rings is 1. The Morgan fingerprint density at radius 2 is 1.33 bits per heavy atom. The van der Waals surface area contributed by atoms with Crippen LogP contribution >= 0.6 is 0 Å². The minimum absolute atomic E-state index is 0.0552. The third kappa shape index (κ3) is 16.9. The molecule has 0 fully saturated rings. The van der Waals surface area contributed by atoms with E-state index in [0.717, 1.165) is 30.2 Å². The van der Waals surface area contributed by atoms with Crippen LogP contribution < -0.4 is 26.6 Å². The number of para-hydroxylation sites is 1. The van der Waals surface area contributed by atoms with E-state index >= 15 is 0 Å². The number of nitrogens with one attached hydrogen (secondary N) is 7. The summed E-state index contributed by atoms with van der Waals surface area (Å²) in [6.45, 7) is 3.02. The van der Waals surface area contributed by atoms with Gasteiger partial charge in [0.1, 0.15) is 24.2 Å². The van der Waals surface area contributed by atoms with E-state index in [0.29, 0.717) is 17.7 Å². The van der Waals surface area contributed by atoms with Gasteiger partial charge in [-0.1, -0.05) is 89.3 Å². The molecule has 57 heavy (non-hydrogen) atoms. The Morgan fingerprint density at radius 3 is 1.96 bits per heavy atom. The number of rotatable bonds is 28. The van der Waals surface area contributed by atoms with Crippen molar-refractivity contribution in [1.29, 1.82) is 0 Å². The van der Waals surface area contributed by atoms with Crippen LogP contribution in [0.1, 0.15) is 109 Å². The Labute approximate surface area is 332 Å². The summed E-state index contributed by atoms with van der Waals surface area (Å²) in [5, 5.41) is 32.3. The van der Waals surface area contributed by atoms with Gasteiger partial charge in [-0.15, -0.1) is 0 Å². The van der Waals surface area contributed by atoms with Crippen LogP contribution in [0.3, 0.4) is 0 Å². The van der Waals surface area contributed by atoms with E-state index < -0.39 is 72.7 Å². The number of carboxylic acid groups (broad SMARTS) is 2. The molecule has 2 aromatic heterocycles. The first-order valence-electron chi connectivity index (χ1n) is 19.8. The number of aromatic nitrogens is 3. The second-order valence-electron chi connectivity index (χ2n) is 14.3. The van der Waals surface area contributed by atoms with Gasteiger partial charge in [0.25, 0.3) is 0 Å². The number of amides is 5. The highest BCUT2D eigenvalue weighted by Crippen LogP contribution is 2.19. The SMILES string of the molecule is CCCCCCCCCCCCCC(=O)NCC(=O)N[C@@H](CC(=O)O)C(=O)N[C@@H](C)C(=O)N[C@@H](Cc1c[nH]cn1)C(=O)N[C@@H](Cc1c[nH]c2ccccc12)C(=O)O. The molecule has 2 heterocycles. The molecule has 17 heteroatoms. The van der Waals surface area contributed by atoms with Crippen LogP contribution in [0.5, 0.6) is 0 Å². The quantitative estimate of drug-likeness (QED) is 0.0485. The summed E-state index contributed by atoms with van der Waals surface area (Å²) in [5.41, 5.74) is 1.84. The number of carbonyl (C=O) groups excluding carboxylic acids is 5. The van der Waals surface area contributed by atoms with Crippen molar-refractivity contribution in [1.82, 2.24) is 41.5 Å². The smallest absolute Gasteiger partial charge is 0.326 e. The zero-order valence-electron chi connectivity index (χ0n) is 32.9. The summed E-state index contributed by atoms with van der Waals surface area (Å²) in [6, 6.07) is 1.70. The maximum Gasteiger partial charge on any atom is 0.326 e. The van der Waals surface area contributed by atoms with Crippen molar-refractivity contribution in [3.8, 4) is 0 Å². The van der Waals surface area contributed by atoms with Crippen LogP contribution in [-0.4, -0.2) is 97.4 Å². The minimum atomic E-state index is -1.59. The molecule has 17 nitrogen and oxygen atoms in total. The first-order valence-corrected chi connectivity index (χ1v) is 19.8. The monoisotopic (exact) mass is 794 g/mol. The van der Waals surface area contributed by atoms with Gasteiger partial charge < -0.3 is 46.8 Å². The number of aromatic amines is 2. The Bertz CT molecular complexity index is 1760. The molecular weight excluding hydrogens is 736 g/mol. The molecule has 0 saturated carbocycles. The minimum Gasteiger partial charge on any atom is -0.481 e. The van der Waals surface area contributed by atoms with Crippen molar-refractivity contribution in [3.05, 3.63) is 54.2 Å². The number of nitrogens with zero attached hydrogens (tertiary/aromatic N) is 1. The third-order valence-corrected chi connectivity index (χ3v) is 9.55. The van der Waals surface area contributed by atoms with Gasteiger partial charge >= 0.3 is 11.9 Å². The number of aliphatic carboxylic acids is 2. The molecule has 5 amide bonds. The van der Waals surface area contributed by atoms with Gasteiger partial charge in [-0.25, -0.2) is 9.78 Å². The van der Waals surface area contributed by atoms with E-state index in [2.05, 4.69) is 48.5 Å². The highest BCUT2D eigenvalue weighted by molar-refractivity contribution is 5.96. The molecule has 0 saturated heterocycles. The average molecular weight is 795 g/mol. The Kier molecular flexibility index (Phi) is 19.8. The molecule has 0 aliphatic heterocycles. The van der Waals surface area contributed by atoms with Crippen LogP contribution in [0, 0.1) is 0 Å². The van der Waals surface area contributed by atoms with Crippen molar-refractivity contribution < 1.29 is 43.8 Å². The molecular formula is C40H58N8O9. The number of carbonyl (C=O) groups is 7. The lowest BCUT2D eigenvalue weighted by atomic mass is 10.0. The lowest BCUT2D eigenvalue weighted by Gasteiger charge is -2.24. The number of unbranched alkanes of at least 4 members (excludes halogenated alkanes) is 10. The zero-order valence-corrected chi connectivity index (χ0v) is 32.9. The lowest BCUT2D eigenvalue weighted by molar-refractivity contribution is -0.142. The third-order valence-electron chi connectivity index (χ3n) is 9.55. The second kappa shape index (κ2) is 24.7. The molecule has 3 aromatic rings. The fraction of sp³-hybridized carbons (Fsp3) is 0.550. The van der Waals surface area contributed by atoms with Gasteiger partial charge in [0.2, 0.25) is 29.5 Å². The van der Waals surface area contributed by atoms with Crippen LogP contribution in [-0.2, 0) is 46.4 Å². The summed E-state index contributed by atoms with van der Waals surface area (Å²) in [6.07, 6.45) is 16.2. The molecule has 0 aliphatic carbocycles. The Hall–Kier alpha value is -5.74. The topological polar surface area (TPSA) is 265 Å². The van der Waals surface area contributed by atoms with Crippen molar-refractivity contribution in [3.63, 3.8) is 0 Å². The Balaban J connectivity index is 1.49. The van der Waals surface area contributed by atoms with E-state index in [9.17, 15) is 43.8 Å². The van der Waals surface area contributed by atoms with E-state index in [1.165, 1.54) is 64.4 Å². The van der Waals surface area contributed by atoms with E-state index in [-0.39, 0.29) is 25.2 Å². The standard InChI is InChI=1S/C40H58N8O9/c1-3-4-5-6-7-8-9-10-11-12-13-18-34(49)43-24-35(50)46-32(21-36(51)52)38(54)45-26(2)37(53)47-31(20-28-23-41-25-44-28)39(55)48-33(40(56)57)19-27-22-42-30-17-15-14-16-29(27)30/h14-17,22-23,25-26,31-33,42H,3-13,18-21,24H2,1-2H3,(H,41,44)(H,43,49)(H,45,54)(H,46,50)(H,47,53)(H,48,55)(H,51,52)(H,56,57)/t26-,31-,32-,33-/m0/s1. The molecule has 9 N–H and O–H groups in total. The Morgan fingerprint density at radius 1 is 0.702 bits per heavy atom. The normalized spacial score (nSPS) is 13.2. The predicted molar refractivity (Wildman–Crippen MR) is 212 cm³/mol. The molecule has 0 bridgehead atoms. The molecule has 0 aliphatic rings. The number of benzene rings is 1. The molecule has 0 radical (unpaired) electrons. The summed E-state index contributed by atoms with van der Waals surface area (Å²) in [7, 11) is 0. The van der Waals surface area contributed by atoms with E-state index in [1.807, 2.05) is 24.3 Å². The first kappa shape index (κ1) is 45.6. The van der Waals surface area contributed by atoms with Gasteiger partial charge in [0.15, 0.2) is 0 Å². The van der Waals surface area contributed by atoms with Crippen molar-refractivity contribution >= 4 is 52.4 Å². The lowest BCUT2D eigenvalue weighted by Crippen LogP contribution is -2.58. The van der Waals surface area contributed by atoms with Gasteiger partial charge in [-0.05, 0) is 25.0 Å². The summed E-state index contributed by atoms with van der Waals surface area (Å²) >= 11 is 0. The fourth-order valence-electron chi connectivity index (χ4n) is 6.34. The highest BCUT2D eigenvalue weighted by Gasteiger charge is 2.31. The number of carboxylic acids is 2. The maximum absolute atomic E-state index is 13.5. The molecule has 1 aromatic carbocycles. The number of hydrogen-bond donors (Lipinski definition) is 9. The van der Waals surface area contributed by atoms with Crippen molar-refractivity contribution in [2.75, 3.05) is 6.54 Å². The number of fused-ring (bicyclic) bond motifs is 1. The zero-order chi connectivity index (χ0) is 41.6. The first-order chi connectivity index (χ1) is 27.4. The van der Waals surface area contributed by atoms with E-state index in [4.69, 9.17) is 0 Å². The molecule has 312 valence electrons. The summed E-state index contributed by atoms with van der Waals surface area (Å²) in [5.74, 6) is -6.49. The molecule has 4 atom stereocenters. The molecule has 0 spiro atoms. The van der Waals surface area contributed by atoms with E-state index in [1.54, 1.807) is 6.20 Å². The maximum atomic E-state index is 13.5. The number of hydrogen-bond acceptors (Lipinski definition) is 8. The predicted octanol–water partition coefficient (Wildman–Crippen LogP) is 3.01. The fourth-order valence-corrected chi connectivity index (χ4v) is 6.34. The summed E-state index contributed by atoms with van der Waals surface area (Å²) < 4.78 is 0.